The number of rotatable bonds is 11. The van der Waals surface area contributed by atoms with E-state index in [1.807, 2.05) is 36.8 Å². The monoisotopic (exact) mass is 854 g/mol. The largest absolute Gasteiger partial charge is 0.405 e. The number of aromatic nitrogens is 5. The number of alkyl halides is 3. The second kappa shape index (κ2) is 17.1. The Labute approximate surface area is 360 Å². The molecule has 4 aliphatic heterocycles. The van der Waals surface area contributed by atoms with Gasteiger partial charge in [-0.1, -0.05) is 50.0 Å². The van der Waals surface area contributed by atoms with Crippen LogP contribution in [0.3, 0.4) is 0 Å². The Morgan fingerprint density at radius 3 is 2.54 bits per heavy atom. The summed E-state index contributed by atoms with van der Waals surface area (Å²) in [6.45, 7) is 18.8. The highest BCUT2D eigenvalue weighted by molar-refractivity contribution is 6.32. The number of piperazine rings is 1. The Bertz CT molecular complexity index is 2400. The molecular weight excluding hydrogens is 801 g/mol. The highest BCUT2D eigenvalue weighted by Gasteiger charge is 2.47. The average molecular weight is 855 g/mol. The van der Waals surface area contributed by atoms with Gasteiger partial charge in [0.2, 0.25) is 5.95 Å². The van der Waals surface area contributed by atoms with Crippen LogP contribution in [-0.4, -0.2) is 95.2 Å². The van der Waals surface area contributed by atoms with E-state index in [0.717, 1.165) is 114 Å². The van der Waals surface area contributed by atoms with Gasteiger partial charge in [-0.15, -0.1) is 0 Å². The van der Waals surface area contributed by atoms with Crippen molar-refractivity contribution in [2.24, 2.45) is 13.0 Å². The Hall–Kier alpha value is -5.54. The molecule has 2 atom stereocenters. The number of nitrogens with one attached hydrogen (secondary N) is 3. The second-order valence-corrected chi connectivity index (χ2v) is 17.0. The van der Waals surface area contributed by atoms with Gasteiger partial charge in [-0.05, 0) is 68.2 Å². The molecule has 0 saturated carbocycles. The lowest BCUT2D eigenvalue weighted by molar-refractivity contribution is -0.186. The average Bonchev–Trinajstić information content (AvgIpc) is 3.58. The molecule has 3 aromatic heterocycles. The van der Waals surface area contributed by atoms with E-state index < -0.39 is 12.2 Å². The number of likely N-dealkylation sites (N-methyl/N-ethyl adjacent to an activating group) is 1. The third-order valence-electron chi connectivity index (χ3n) is 12.7. The number of pyridine rings is 1. The molecule has 4 aliphatic rings. The summed E-state index contributed by atoms with van der Waals surface area (Å²) in [6.07, 6.45) is 5.60. The van der Waals surface area contributed by atoms with Crippen molar-refractivity contribution in [3.8, 4) is 0 Å². The first-order chi connectivity index (χ1) is 29.2. The number of para-hydroxylation sites is 1. The summed E-state index contributed by atoms with van der Waals surface area (Å²) < 4.78 is 46.5. The Balaban J connectivity index is 0.920. The van der Waals surface area contributed by atoms with Crippen molar-refractivity contribution in [2.45, 2.75) is 56.7 Å². The van der Waals surface area contributed by atoms with E-state index in [-0.39, 0.29) is 41.7 Å². The normalized spacial score (nSPS) is 20.5. The van der Waals surface area contributed by atoms with Crippen LogP contribution in [0.4, 0.5) is 42.1 Å². The smallest absolute Gasteiger partial charge is 0.392 e. The topological polar surface area (TPSA) is 106 Å². The molecule has 8 rings (SSSR count). The van der Waals surface area contributed by atoms with Gasteiger partial charge < -0.3 is 30.7 Å². The molecule has 0 radical (unpaired) electrons. The fraction of sp³-hybridized carbons (Fsp3) is 0.422. The van der Waals surface area contributed by atoms with Gasteiger partial charge in [0.1, 0.15) is 16.9 Å². The third kappa shape index (κ3) is 8.67. The molecule has 3 saturated heterocycles. The summed E-state index contributed by atoms with van der Waals surface area (Å²) in [5.41, 5.74) is 9.45. The highest BCUT2D eigenvalue weighted by atomic mass is 35.5. The molecular formula is C45H54ClF3N12. The molecule has 61 heavy (non-hydrogen) atoms. The van der Waals surface area contributed by atoms with Crippen LogP contribution in [-0.2, 0) is 7.05 Å². The zero-order valence-corrected chi connectivity index (χ0v) is 35.9. The summed E-state index contributed by atoms with van der Waals surface area (Å²) in [6, 6.07) is 6.60. The standard InChI is InChI=1S/C45H54ClF3N12/c1-27(50-5)11-13-32-21-33-22-34(23-51-43(33)57(6)30(32)4)54-42-37(46)24-52-44(55-42)61-20-19-60(39(26-61)45(47,48)49)25-31-15-17-59(18-16-31)38-10-8-9-36-40(56-58(7)41(36)38)35-14-12-28(2)53-29(35)3/h8-10,21-24,31,35,39,50,53H,1-4,11-20,25-26H2,5-7H3,(H,52,54,55). The van der Waals surface area contributed by atoms with Gasteiger partial charge in [0, 0.05) is 100 Å². The van der Waals surface area contributed by atoms with Crippen molar-refractivity contribution in [1.82, 2.24) is 40.3 Å². The molecule has 7 heterocycles. The second-order valence-electron chi connectivity index (χ2n) is 16.6. The molecule has 0 spiro atoms. The van der Waals surface area contributed by atoms with Crippen molar-refractivity contribution in [3.05, 3.63) is 108 Å². The van der Waals surface area contributed by atoms with Crippen molar-refractivity contribution in [1.29, 1.82) is 0 Å². The van der Waals surface area contributed by atoms with Gasteiger partial charge in [-0.3, -0.25) is 9.58 Å². The van der Waals surface area contributed by atoms with E-state index in [1.165, 1.54) is 6.20 Å². The summed E-state index contributed by atoms with van der Waals surface area (Å²) in [7, 11) is 5.76. The minimum Gasteiger partial charge on any atom is -0.392 e. The number of benzene rings is 1. The number of hydrogen-bond donors (Lipinski definition) is 3. The SMILES string of the molecule is C=C(CCC1=Cc2cc(Nc3nc(N4CCN(CC5CCN(c6cccc7c(C8CCC(=C)NC8=C)nn(C)c67)CC5)C(C(F)(F)F)C4)ncc3Cl)cnc2N(C)C1=C)NC. The van der Waals surface area contributed by atoms with Crippen LogP contribution in [0.5, 0.6) is 0 Å². The number of nitrogens with zero attached hydrogens (tertiary/aromatic N) is 9. The third-order valence-corrected chi connectivity index (χ3v) is 12.9. The Kier molecular flexibility index (Phi) is 11.8. The van der Waals surface area contributed by atoms with Crippen LogP contribution in [0.25, 0.3) is 17.0 Å². The number of allylic oxidation sites excluding steroid dienone is 4. The van der Waals surface area contributed by atoms with E-state index in [1.54, 1.807) is 16.0 Å². The summed E-state index contributed by atoms with van der Waals surface area (Å²) in [4.78, 5) is 21.2. The zero-order valence-electron chi connectivity index (χ0n) is 35.1. The first-order valence-electron chi connectivity index (χ1n) is 20.9. The van der Waals surface area contributed by atoms with Crippen molar-refractivity contribution < 1.29 is 13.2 Å². The van der Waals surface area contributed by atoms with Gasteiger partial charge in [-0.25, -0.2) is 9.97 Å². The molecule has 322 valence electrons. The van der Waals surface area contributed by atoms with Crippen molar-refractivity contribution in [3.63, 3.8) is 0 Å². The fourth-order valence-corrected chi connectivity index (χ4v) is 9.29. The van der Waals surface area contributed by atoms with Crippen LogP contribution in [0.2, 0.25) is 5.02 Å². The molecule has 0 amide bonds. The van der Waals surface area contributed by atoms with Gasteiger partial charge in [-0.2, -0.15) is 23.3 Å². The van der Waals surface area contributed by atoms with Crippen molar-refractivity contribution >= 4 is 57.5 Å². The van der Waals surface area contributed by atoms with E-state index in [4.69, 9.17) is 16.7 Å². The number of piperidine rings is 2. The van der Waals surface area contributed by atoms with Gasteiger partial charge in [0.15, 0.2) is 5.82 Å². The van der Waals surface area contributed by atoms with Crippen LogP contribution in [0.1, 0.15) is 55.7 Å². The lowest BCUT2D eigenvalue weighted by Crippen LogP contribution is -2.60. The number of halogens is 4. The maximum absolute atomic E-state index is 14.8. The van der Waals surface area contributed by atoms with E-state index in [2.05, 4.69) is 86.4 Å². The summed E-state index contributed by atoms with van der Waals surface area (Å²) in [5, 5.41) is 16.0. The predicted octanol–water partition coefficient (Wildman–Crippen LogP) is 8.48. The minimum absolute atomic E-state index is 0.0936. The van der Waals surface area contributed by atoms with E-state index in [0.29, 0.717) is 18.8 Å². The van der Waals surface area contributed by atoms with Crippen LogP contribution in [0.15, 0.2) is 91.3 Å². The minimum atomic E-state index is -4.44. The maximum Gasteiger partial charge on any atom is 0.405 e. The highest BCUT2D eigenvalue weighted by Crippen LogP contribution is 2.40. The predicted molar refractivity (Wildman–Crippen MR) is 240 cm³/mol. The fourth-order valence-electron chi connectivity index (χ4n) is 9.15. The first-order valence-corrected chi connectivity index (χ1v) is 21.2. The summed E-state index contributed by atoms with van der Waals surface area (Å²) in [5.74, 6) is 1.45. The lowest BCUT2D eigenvalue weighted by Gasteiger charge is -2.44. The zero-order chi connectivity index (χ0) is 43.2. The molecule has 4 aromatic rings. The molecule has 3 N–H and O–H groups in total. The number of anilines is 5. The van der Waals surface area contributed by atoms with Crippen molar-refractivity contribution in [2.75, 3.05) is 73.4 Å². The van der Waals surface area contributed by atoms with Gasteiger partial charge >= 0.3 is 6.18 Å². The number of hydrogen-bond acceptors (Lipinski definition) is 11. The lowest BCUT2D eigenvalue weighted by atomic mass is 9.90. The van der Waals surface area contributed by atoms with E-state index >= 15 is 0 Å². The van der Waals surface area contributed by atoms with Crippen LogP contribution in [0, 0.1) is 5.92 Å². The van der Waals surface area contributed by atoms with Gasteiger partial charge in [0.25, 0.3) is 0 Å². The quantitative estimate of drug-likeness (QED) is 0.135. The maximum atomic E-state index is 14.8. The molecule has 12 nitrogen and oxygen atoms in total. The first kappa shape index (κ1) is 42.2. The van der Waals surface area contributed by atoms with Crippen LogP contribution >= 0.6 is 11.6 Å². The Morgan fingerprint density at radius 2 is 1.80 bits per heavy atom. The van der Waals surface area contributed by atoms with Gasteiger partial charge in [0.05, 0.1) is 35.0 Å². The molecule has 2 unspecified atom stereocenters. The molecule has 0 bridgehead atoms. The Morgan fingerprint density at radius 1 is 1.02 bits per heavy atom. The molecule has 16 heteroatoms. The van der Waals surface area contributed by atoms with Crippen LogP contribution < -0.4 is 30.7 Å². The number of fused-ring (bicyclic) bond motifs is 2. The molecule has 0 aliphatic carbocycles. The molecule has 3 fully saturated rings. The van der Waals surface area contributed by atoms with E-state index in [9.17, 15) is 13.2 Å². The molecule has 1 aromatic carbocycles. The number of aryl methyl sites for hydroxylation is 1. The summed E-state index contributed by atoms with van der Waals surface area (Å²) >= 11 is 6.56.